The van der Waals surface area contributed by atoms with Gasteiger partial charge >= 0.3 is 0 Å². The number of benzene rings is 2. The molecule has 0 aliphatic heterocycles. The third-order valence-electron chi connectivity index (χ3n) is 4.73. The molecule has 8 heteroatoms. The number of hydrogen-bond acceptors (Lipinski definition) is 5. The van der Waals surface area contributed by atoms with E-state index in [4.69, 9.17) is 16.3 Å². The molecule has 2 aromatic heterocycles. The number of pyridine rings is 1. The van der Waals surface area contributed by atoms with E-state index in [1.54, 1.807) is 60.8 Å². The van der Waals surface area contributed by atoms with E-state index in [1.165, 1.54) is 10.5 Å². The molecule has 2 aromatic carbocycles. The van der Waals surface area contributed by atoms with E-state index in [0.29, 0.717) is 22.1 Å². The fourth-order valence-electron chi connectivity index (χ4n) is 3.03. The average Bonchev–Trinajstić information content (AvgIpc) is 2.82. The Labute approximate surface area is 194 Å². The highest BCUT2D eigenvalue weighted by atomic mass is 35.5. The molecular weight excluding hydrogens is 440 g/mol. The van der Waals surface area contributed by atoms with E-state index >= 15 is 0 Å². The van der Waals surface area contributed by atoms with Crippen molar-refractivity contribution in [2.24, 2.45) is 0 Å². The number of halogens is 1. The minimum Gasteiger partial charge on any atom is -0.438 e. The van der Waals surface area contributed by atoms with Crippen LogP contribution in [0.15, 0.2) is 83.3 Å². The molecule has 0 unspecified atom stereocenters. The summed E-state index contributed by atoms with van der Waals surface area (Å²) in [6, 6.07) is 20.6. The standard InChI is InChI=1S/C25H17ClN4O3/c1-16-5-11-20(12-6-16)33-24-21(25(32)30-13-3-2-4-22(30)29-24)14-17(15-27)23(31)28-19-9-7-18(26)8-10-19/h2-14H,1H3,(H,28,31)/b17-14+. The average molecular weight is 457 g/mol. The second-order valence-corrected chi connectivity index (χ2v) is 7.55. The van der Waals surface area contributed by atoms with Crippen LogP contribution in [0.1, 0.15) is 11.1 Å². The van der Waals surface area contributed by atoms with Crippen molar-refractivity contribution in [1.82, 2.24) is 9.38 Å². The molecule has 0 aliphatic rings. The summed E-state index contributed by atoms with van der Waals surface area (Å²) >= 11 is 5.87. The van der Waals surface area contributed by atoms with Crippen molar-refractivity contribution >= 4 is 34.9 Å². The second-order valence-electron chi connectivity index (χ2n) is 7.11. The van der Waals surface area contributed by atoms with Gasteiger partial charge in [-0.1, -0.05) is 35.4 Å². The van der Waals surface area contributed by atoms with Gasteiger partial charge in [0.05, 0.1) is 0 Å². The van der Waals surface area contributed by atoms with Gasteiger partial charge in [-0.3, -0.25) is 14.0 Å². The first kappa shape index (κ1) is 21.8. The zero-order valence-electron chi connectivity index (χ0n) is 17.4. The Morgan fingerprint density at radius 1 is 1.12 bits per heavy atom. The molecule has 0 fully saturated rings. The third-order valence-corrected chi connectivity index (χ3v) is 4.98. The summed E-state index contributed by atoms with van der Waals surface area (Å²) in [5, 5.41) is 12.8. The number of hydrogen-bond donors (Lipinski definition) is 1. The quantitative estimate of drug-likeness (QED) is 0.337. The van der Waals surface area contributed by atoms with E-state index in [9.17, 15) is 14.9 Å². The molecule has 0 bridgehead atoms. The lowest BCUT2D eigenvalue weighted by molar-refractivity contribution is -0.112. The highest BCUT2D eigenvalue weighted by Gasteiger charge is 2.17. The third kappa shape index (κ3) is 4.92. The zero-order chi connectivity index (χ0) is 23.4. The Morgan fingerprint density at radius 2 is 1.85 bits per heavy atom. The SMILES string of the molecule is Cc1ccc(Oc2nc3ccccn3c(=O)c2/C=C(\C#N)C(=O)Nc2ccc(Cl)cc2)cc1. The number of rotatable bonds is 5. The van der Waals surface area contributed by atoms with Crippen LogP contribution in [0.3, 0.4) is 0 Å². The van der Waals surface area contributed by atoms with Crippen LogP contribution in [0.2, 0.25) is 5.02 Å². The van der Waals surface area contributed by atoms with Gasteiger partial charge in [-0.15, -0.1) is 0 Å². The van der Waals surface area contributed by atoms with Crippen molar-refractivity contribution in [3.05, 3.63) is 105 Å². The molecule has 0 saturated carbocycles. The number of carbonyl (C=O) groups is 1. The Balaban J connectivity index is 1.78. The Hall–Kier alpha value is -4.41. The lowest BCUT2D eigenvalue weighted by atomic mass is 10.1. The number of fused-ring (bicyclic) bond motifs is 1. The van der Waals surface area contributed by atoms with Gasteiger partial charge in [0.15, 0.2) is 0 Å². The molecule has 1 N–H and O–H groups in total. The number of aryl methyl sites for hydroxylation is 1. The summed E-state index contributed by atoms with van der Waals surface area (Å²) in [5.74, 6) is -0.229. The summed E-state index contributed by atoms with van der Waals surface area (Å²) in [7, 11) is 0. The maximum absolute atomic E-state index is 13.2. The van der Waals surface area contributed by atoms with E-state index in [-0.39, 0.29) is 17.0 Å². The number of ether oxygens (including phenoxy) is 1. The number of amides is 1. The molecular formula is C25H17ClN4O3. The molecule has 33 heavy (non-hydrogen) atoms. The van der Waals surface area contributed by atoms with Crippen LogP contribution in [-0.2, 0) is 4.79 Å². The van der Waals surface area contributed by atoms with Gasteiger partial charge in [-0.2, -0.15) is 10.2 Å². The lowest BCUT2D eigenvalue weighted by Gasteiger charge is -2.10. The van der Waals surface area contributed by atoms with Crippen molar-refractivity contribution in [3.63, 3.8) is 0 Å². The Bertz CT molecular complexity index is 1470. The van der Waals surface area contributed by atoms with Gasteiger partial charge in [-0.05, 0) is 61.5 Å². The van der Waals surface area contributed by atoms with Crippen LogP contribution in [0, 0.1) is 18.3 Å². The summed E-state index contributed by atoms with van der Waals surface area (Å²) < 4.78 is 7.20. The molecule has 2 heterocycles. The van der Waals surface area contributed by atoms with E-state index in [0.717, 1.165) is 5.56 Å². The number of nitrogens with zero attached hydrogens (tertiary/aromatic N) is 3. The van der Waals surface area contributed by atoms with Crippen LogP contribution < -0.4 is 15.6 Å². The second kappa shape index (κ2) is 9.39. The van der Waals surface area contributed by atoms with Crippen LogP contribution in [0.5, 0.6) is 11.6 Å². The van der Waals surface area contributed by atoms with Gasteiger partial charge < -0.3 is 10.1 Å². The molecule has 4 rings (SSSR count). The van der Waals surface area contributed by atoms with Crippen molar-refractivity contribution in [1.29, 1.82) is 5.26 Å². The normalized spacial score (nSPS) is 11.1. The zero-order valence-corrected chi connectivity index (χ0v) is 18.2. The first-order valence-corrected chi connectivity index (χ1v) is 10.3. The predicted molar refractivity (Wildman–Crippen MR) is 126 cm³/mol. The fraction of sp³-hybridized carbons (Fsp3) is 0.0400. The van der Waals surface area contributed by atoms with Crippen molar-refractivity contribution in [2.75, 3.05) is 5.32 Å². The fourth-order valence-corrected chi connectivity index (χ4v) is 3.15. The van der Waals surface area contributed by atoms with Crippen LogP contribution in [0.25, 0.3) is 11.7 Å². The molecule has 0 saturated heterocycles. The molecule has 7 nitrogen and oxygen atoms in total. The van der Waals surface area contributed by atoms with Crippen LogP contribution in [0.4, 0.5) is 5.69 Å². The first-order chi connectivity index (χ1) is 15.9. The van der Waals surface area contributed by atoms with Crippen molar-refractivity contribution < 1.29 is 9.53 Å². The molecule has 162 valence electrons. The first-order valence-electron chi connectivity index (χ1n) is 9.89. The highest BCUT2D eigenvalue weighted by Crippen LogP contribution is 2.24. The molecule has 0 radical (unpaired) electrons. The van der Waals surface area contributed by atoms with Gasteiger partial charge in [0.2, 0.25) is 5.88 Å². The molecule has 0 aliphatic carbocycles. The van der Waals surface area contributed by atoms with Crippen molar-refractivity contribution in [3.8, 4) is 17.7 Å². The molecule has 1 amide bonds. The van der Waals surface area contributed by atoms with Gasteiger partial charge in [-0.25, -0.2) is 0 Å². The summed E-state index contributed by atoms with van der Waals surface area (Å²) in [5.41, 5.74) is 1.07. The predicted octanol–water partition coefficient (Wildman–Crippen LogP) is 4.99. The monoisotopic (exact) mass is 456 g/mol. The number of carbonyl (C=O) groups excluding carboxylic acids is 1. The van der Waals surface area contributed by atoms with E-state index < -0.39 is 11.5 Å². The number of anilines is 1. The maximum atomic E-state index is 13.2. The van der Waals surface area contributed by atoms with Gasteiger partial charge in [0, 0.05) is 16.9 Å². The highest BCUT2D eigenvalue weighted by molar-refractivity contribution is 6.30. The summed E-state index contributed by atoms with van der Waals surface area (Å²) in [4.78, 5) is 30.4. The van der Waals surface area contributed by atoms with E-state index in [1.807, 2.05) is 25.1 Å². The largest absolute Gasteiger partial charge is 0.438 e. The summed E-state index contributed by atoms with van der Waals surface area (Å²) in [6.45, 7) is 1.94. The Kier molecular flexibility index (Phi) is 6.20. The maximum Gasteiger partial charge on any atom is 0.269 e. The van der Waals surface area contributed by atoms with Crippen molar-refractivity contribution in [2.45, 2.75) is 6.92 Å². The van der Waals surface area contributed by atoms with Crippen LogP contribution in [-0.4, -0.2) is 15.3 Å². The van der Waals surface area contributed by atoms with E-state index in [2.05, 4.69) is 10.3 Å². The minimum atomic E-state index is -0.682. The molecule has 0 spiro atoms. The lowest BCUT2D eigenvalue weighted by Crippen LogP contribution is -2.20. The summed E-state index contributed by atoms with van der Waals surface area (Å²) in [6.07, 6.45) is 2.74. The molecule has 4 aromatic rings. The smallest absolute Gasteiger partial charge is 0.269 e. The minimum absolute atomic E-state index is 0.0119. The number of aromatic nitrogens is 2. The topological polar surface area (TPSA) is 96.5 Å². The Morgan fingerprint density at radius 3 is 2.55 bits per heavy atom. The molecule has 0 atom stereocenters. The van der Waals surface area contributed by atoms with Crippen LogP contribution >= 0.6 is 11.6 Å². The number of nitriles is 1. The van der Waals surface area contributed by atoms with Gasteiger partial charge in [0.1, 0.15) is 28.6 Å². The van der Waals surface area contributed by atoms with Gasteiger partial charge in [0.25, 0.3) is 11.5 Å². The number of nitrogens with one attached hydrogen (secondary N) is 1.